The predicted molar refractivity (Wildman–Crippen MR) is 94.6 cm³/mol. The predicted octanol–water partition coefficient (Wildman–Crippen LogP) is 3.85. The maximum absolute atomic E-state index is 12.2. The molecule has 1 aromatic heterocycles. The molecule has 2 aromatic rings. The van der Waals surface area contributed by atoms with E-state index in [9.17, 15) is 9.90 Å². The molecule has 0 fully saturated rings. The van der Waals surface area contributed by atoms with E-state index in [1.54, 1.807) is 18.2 Å². The standard InChI is InChI=1S/C19H21NO5/c1-12(2)5-8-15-16(23-3)9-13(6-7-14-10-20-11-25-14)17(18(15)21)19(22)24-4/h5-7,9-11,21H,8H2,1-4H3/b7-6+. The Hall–Kier alpha value is -3.02. The molecule has 0 spiro atoms. The van der Waals surface area contributed by atoms with Gasteiger partial charge >= 0.3 is 5.97 Å². The molecule has 1 heterocycles. The molecule has 0 radical (unpaired) electrons. The number of benzene rings is 1. The summed E-state index contributed by atoms with van der Waals surface area (Å²) in [4.78, 5) is 16.0. The third-order valence-corrected chi connectivity index (χ3v) is 3.60. The monoisotopic (exact) mass is 343 g/mol. The number of carbonyl (C=O) groups is 1. The van der Waals surface area contributed by atoms with E-state index in [-0.39, 0.29) is 11.3 Å². The number of aromatic nitrogens is 1. The first-order chi connectivity index (χ1) is 12.0. The van der Waals surface area contributed by atoms with Gasteiger partial charge in [0.1, 0.15) is 22.8 Å². The van der Waals surface area contributed by atoms with Crippen molar-refractivity contribution in [3.63, 3.8) is 0 Å². The van der Waals surface area contributed by atoms with Crippen molar-refractivity contribution in [1.29, 1.82) is 0 Å². The molecule has 1 aromatic carbocycles. The van der Waals surface area contributed by atoms with E-state index in [2.05, 4.69) is 4.98 Å². The number of ether oxygens (including phenoxy) is 2. The van der Waals surface area contributed by atoms with Crippen molar-refractivity contribution in [1.82, 2.24) is 4.98 Å². The molecule has 1 N–H and O–H groups in total. The van der Waals surface area contributed by atoms with Gasteiger partial charge in [-0.15, -0.1) is 0 Å². The Bertz CT molecular complexity index is 800. The molecule has 0 unspecified atom stereocenters. The Morgan fingerprint density at radius 1 is 1.32 bits per heavy atom. The highest BCUT2D eigenvalue weighted by Gasteiger charge is 2.22. The van der Waals surface area contributed by atoms with Crippen LogP contribution >= 0.6 is 0 Å². The maximum Gasteiger partial charge on any atom is 0.342 e. The summed E-state index contributed by atoms with van der Waals surface area (Å²) in [6, 6.07) is 1.69. The molecule has 0 saturated carbocycles. The van der Waals surface area contributed by atoms with E-state index >= 15 is 0 Å². The van der Waals surface area contributed by atoms with Crippen LogP contribution in [0.3, 0.4) is 0 Å². The lowest BCUT2D eigenvalue weighted by molar-refractivity contribution is 0.0597. The SMILES string of the molecule is COC(=O)c1c(/C=C/c2cnco2)cc(OC)c(CC=C(C)C)c1O. The summed E-state index contributed by atoms with van der Waals surface area (Å²) in [7, 11) is 2.79. The molecule has 6 heteroatoms. The maximum atomic E-state index is 12.2. The summed E-state index contributed by atoms with van der Waals surface area (Å²) >= 11 is 0. The number of hydrogen-bond donors (Lipinski definition) is 1. The number of carbonyl (C=O) groups excluding carboxylic acids is 1. The van der Waals surface area contributed by atoms with Crippen LogP contribution in [0.1, 0.15) is 41.1 Å². The van der Waals surface area contributed by atoms with Gasteiger partial charge in [0.25, 0.3) is 0 Å². The number of phenols is 1. The fourth-order valence-corrected chi connectivity index (χ4v) is 2.32. The molecule has 0 saturated heterocycles. The minimum atomic E-state index is -0.629. The van der Waals surface area contributed by atoms with Crippen LogP contribution in [0.25, 0.3) is 12.2 Å². The quantitative estimate of drug-likeness (QED) is 0.634. The molecule has 0 aliphatic carbocycles. The van der Waals surface area contributed by atoms with Gasteiger partial charge in [0, 0.05) is 5.56 Å². The van der Waals surface area contributed by atoms with Gasteiger partial charge in [-0.25, -0.2) is 9.78 Å². The molecule has 25 heavy (non-hydrogen) atoms. The Kier molecular flexibility index (Phi) is 6.00. The molecular weight excluding hydrogens is 322 g/mol. The number of esters is 1. The number of nitrogens with zero attached hydrogens (tertiary/aromatic N) is 1. The Labute approximate surface area is 146 Å². The van der Waals surface area contributed by atoms with Crippen LogP contribution in [0.5, 0.6) is 11.5 Å². The van der Waals surface area contributed by atoms with Crippen molar-refractivity contribution in [3.05, 3.63) is 52.8 Å². The van der Waals surface area contributed by atoms with Crippen molar-refractivity contribution in [2.24, 2.45) is 0 Å². The van der Waals surface area contributed by atoms with Gasteiger partial charge < -0.3 is 19.0 Å². The van der Waals surface area contributed by atoms with Gasteiger partial charge in [0.2, 0.25) is 0 Å². The zero-order valence-corrected chi connectivity index (χ0v) is 14.7. The summed E-state index contributed by atoms with van der Waals surface area (Å²) in [6.45, 7) is 3.92. The summed E-state index contributed by atoms with van der Waals surface area (Å²) in [5.74, 6) is 0.222. The summed E-state index contributed by atoms with van der Waals surface area (Å²) < 4.78 is 15.4. The molecule has 6 nitrogen and oxygen atoms in total. The Balaban J connectivity index is 2.59. The van der Waals surface area contributed by atoms with E-state index in [1.165, 1.54) is 26.8 Å². The summed E-state index contributed by atoms with van der Waals surface area (Å²) in [5.41, 5.74) is 2.16. The smallest absolute Gasteiger partial charge is 0.342 e. The molecule has 132 valence electrons. The third kappa shape index (κ3) is 4.29. The van der Waals surface area contributed by atoms with Crippen molar-refractivity contribution in [2.45, 2.75) is 20.3 Å². The summed E-state index contributed by atoms with van der Waals surface area (Å²) in [6.07, 6.45) is 8.51. The van der Waals surface area contributed by atoms with Crippen molar-refractivity contribution < 1.29 is 23.8 Å². The topological polar surface area (TPSA) is 81.8 Å². The van der Waals surface area contributed by atoms with Crippen LogP contribution < -0.4 is 4.74 Å². The molecule has 0 amide bonds. The zero-order valence-electron chi connectivity index (χ0n) is 14.7. The molecule has 0 atom stereocenters. The zero-order chi connectivity index (χ0) is 18.4. The van der Waals surface area contributed by atoms with E-state index in [0.29, 0.717) is 29.1 Å². The van der Waals surface area contributed by atoms with Gasteiger partial charge in [-0.05, 0) is 38.0 Å². The first-order valence-corrected chi connectivity index (χ1v) is 7.69. The van der Waals surface area contributed by atoms with Crippen molar-refractivity contribution in [3.8, 4) is 11.5 Å². The molecule has 0 bridgehead atoms. The highest BCUT2D eigenvalue weighted by Crippen LogP contribution is 2.36. The fourth-order valence-electron chi connectivity index (χ4n) is 2.32. The lowest BCUT2D eigenvalue weighted by Gasteiger charge is -2.15. The number of methoxy groups -OCH3 is 2. The lowest BCUT2D eigenvalue weighted by atomic mass is 9.97. The number of phenolic OH excluding ortho intramolecular Hbond substituents is 1. The minimum Gasteiger partial charge on any atom is -0.507 e. The van der Waals surface area contributed by atoms with Crippen molar-refractivity contribution in [2.75, 3.05) is 14.2 Å². The molecular formula is C19H21NO5. The third-order valence-electron chi connectivity index (χ3n) is 3.60. The van der Waals surface area contributed by atoms with Crippen LogP contribution in [0, 0.1) is 0 Å². The van der Waals surface area contributed by atoms with Crippen LogP contribution in [0.4, 0.5) is 0 Å². The number of allylic oxidation sites excluding steroid dienone is 2. The van der Waals surface area contributed by atoms with Crippen LogP contribution in [0.2, 0.25) is 0 Å². The fraction of sp³-hybridized carbons (Fsp3) is 0.263. The number of hydrogen-bond acceptors (Lipinski definition) is 6. The van der Waals surface area contributed by atoms with Gasteiger partial charge in [-0.3, -0.25) is 0 Å². The molecule has 0 aliphatic rings. The second-order valence-electron chi connectivity index (χ2n) is 5.58. The average Bonchev–Trinajstić information content (AvgIpc) is 3.11. The first-order valence-electron chi connectivity index (χ1n) is 7.69. The van der Waals surface area contributed by atoms with Crippen LogP contribution in [0.15, 0.2) is 34.7 Å². The largest absolute Gasteiger partial charge is 0.507 e. The highest BCUT2D eigenvalue weighted by molar-refractivity contribution is 5.98. The number of rotatable bonds is 6. The number of aromatic hydroxyl groups is 1. The summed E-state index contributed by atoms with van der Waals surface area (Å²) in [5, 5.41) is 10.7. The minimum absolute atomic E-state index is 0.0798. The Morgan fingerprint density at radius 2 is 2.08 bits per heavy atom. The van der Waals surface area contributed by atoms with Gasteiger partial charge in [-0.1, -0.05) is 17.7 Å². The van der Waals surface area contributed by atoms with E-state index < -0.39 is 5.97 Å². The van der Waals surface area contributed by atoms with E-state index in [4.69, 9.17) is 13.9 Å². The van der Waals surface area contributed by atoms with Crippen LogP contribution in [-0.4, -0.2) is 30.3 Å². The van der Waals surface area contributed by atoms with Gasteiger partial charge in [0.05, 0.1) is 20.4 Å². The second kappa shape index (κ2) is 8.19. The van der Waals surface area contributed by atoms with Crippen molar-refractivity contribution >= 4 is 18.1 Å². The lowest BCUT2D eigenvalue weighted by Crippen LogP contribution is -2.07. The van der Waals surface area contributed by atoms with Crippen LogP contribution in [-0.2, 0) is 11.2 Å². The average molecular weight is 343 g/mol. The Morgan fingerprint density at radius 3 is 2.64 bits per heavy atom. The van der Waals surface area contributed by atoms with E-state index in [1.807, 2.05) is 19.9 Å². The van der Waals surface area contributed by atoms with Gasteiger partial charge in [0.15, 0.2) is 6.39 Å². The normalized spacial score (nSPS) is 10.7. The number of oxazole rings is 1. The second-order valence-corrected chi connectivity index (χ2v) is 5.58. The first kappa shape index (κ1) is 18.3. The molecule has 2 rings (SSSR count). The molecule has 0 aliphatic heterocycles. The highest BCUT2D eigenvalue weighted by atomic mass is 16.5. The van der Waals surface area contributed by atoms with Gasteiger partial charge in [-0.2, -0.15) is 0 Å². The van der Waals surface area contributed by atoms with E-state index in [0.717, 1.165) is 5.57 Å².